The molecular weight excluding hydrogens is 183 g/mol. The number of hydrogen-bond donors (Lipinski definition) is 1. The summed E-state index contributed by atoms with van der Waals surface area (Å²) in [5, 5.41) is 9.02. The van der Waals surface area contributed by atoms with Gasteiger partial charge in [0.05, 0.1) is 13.7 Å². The van der Waals surface area contributed by atoms with E-state index >= 15 is 0 Å². The standard InChI is InChI=1S/C8H8ClFO2/c1-12-8-3-6(9)5(4-11)2-7(8)10/h2-3,11H,4H2,1H3. The molecule has 2 nitrogen and oxygen atoms in total. The molecular formula is C8H8ClFO2. The Bertz CT molecular complexity index is 259. The highest BCUT2D eigenvalue weighted by Crippen LogP contribution is 2.25. The fourth-order valence-electron chi connectivity index (χ4n) is 0.847. The molecule has 0 aliphatic heterocycles. The lowest BCUT2D eigenvalue weighted by molar-refractivity contribution is 0.280. The van der Waals surface area contributed by atoms with Crippen molar-refractivity contribution in [2.75, 3.05) is 7.11 Å². The topological polar surface area (TPSA) is 29.5 Å². The van der Waals surface area contributed by atoms with E-state index in [4.69, 9.17) is 16.7 Å². The molecule has 1 N–H and O–H groups in total. The third-order valence-corrected chi connectivity index (χ3v) is 1.84. The first kappa shape index (κ1) is 9.29. The lowest BCUT2D eigenvalue weighted by Crippen LogP contribution is -1.92. The van der Waals surface area contributed by atoms with Crippen molar-refractivity contribution in [3.8, 4) is 5.75 Å². The number of methoxy groups -OCH3 is 1. The minimum atomic E-state index is -0.522. The van der Waals surface area contributed by atoms with Gasteiger partial charge in [-0.15, -0.1) is 0 Å². The molecule has 0 saturated heterocycles. The summed E-state index contributed by atoms with van der Waals surface area (Å²) in [5.41, 5.74) is 0.356. The second-order valence-electron chi connectivity index (χ2n) is 2.24. The van der Waals surface area contributed by atoms with Crippen molar-refractivity contribution >= 4 is 11.6 Å². The van der Waals surface area contributed by atoms with Crippen LogP contribution < -0.4 is 4.74 Å². The maximum atomic E-state index is 12.9. The van der Waals surface area contributed by atoms with Crippen LogP contribution >= 0.6 is 11.6 Å². The molecule has 0 amide bonds. The van der Waals surface area contributed by atoms with E-state index < -0.39 is 5.82 Å². The van der Waals surface area contributed by atoms with Gasteiger partial charge in [-0.2, -0.15) is 0 Å². The zero-order chi connectivity index (χ0) is 9.14. The highest BCUT2D eigenvalue weighted by molar-refractivity contribution is 6.31. The van der Waals surface area contributed by atoms with Gasteiger partial charge >= 0.3 is 0 Å². The number of ether oxygens (including phenoxy) is 1. The van der Waals surface area contributed by atoms with E-state index in [0.717, 1.165) is 6.07 Å². The van der Waals surface area contributed by atoms with E-state index in [1.54, 1.807) is 0 Å². The summed E-state index contributed by atoms with van der Waals surface area (Å²) in [6.07, 6.45) is 0. The largest absolute Gasteiger partial charge is 0.494 e. The molecule has 1 rings (SSSR count). The monoisotopic (exact) mass is 190 g/mol. The second-order valence-corrected chi connectivity index (χ2v) is 2.64. The molecule has 0 radical (unpaired) electrons. The van der Waals surface area contributed by atoms with Crippen LogP contribution in [0, 0.1) is 5.82 Å². The molecule has 0 aliphatic carbocycles. The Labute approximate surface area is 74.5 Å². The molecule has 0 unspecified atom stereocenters. The van der Waals surface area contributed by atoms with E-state index in [1.807, 2.05) is 0 Å². The molecule has 0 fully saturated rings. The van der Waals surface area contributed by atoms with Crippen molar-refractivity contribution in [3.63, 3.8) is 0 Å². The lowest BCUT2D eigenvalue weighted by Gasteiger charge is -2.05. The Morgan fingerprint density at radius 3 is 2.75 bits per heavy atom. The van der Waals surface area contributed by atoms with Crippen molar-refractivity contribution < 1.29 is 14.2 Å². The number of aliphatic hydroxyl groups is 1. The van der Waals surface area contributed by atoms with Crippen LogP contribution in [0.5, 0.6) is 5.75 Å². The Morgan fingerprint density at radius 2 is 2.25 bits per heavy atom. The van der Waals surface area contributed by atoms with Crippen LogP contribution in [0.3, 0.4) is 0 Å². The highest BCUT2D eigenvalue weighted by Gasteiger charge is 2.07. The second kappa shape index (κ2) is 3.74. The Hall–Kier alpha value is -0.800. The third-order valence-electron chi connectivity index (χ3n) is 1.49. The van der Waals surface area contributed by atoms with Crippen LogP contribution in [0.15, 0.2) is 12.1 Å². The number of rotatable bonds is 2. The summed E-state index contributed by atoms with van der Waals surface area (Å²) < 4.78 is 17.6. The fraction of sp³-hybridized carbons (Fsp3) is 0.250. The minimum absolute atomic E-state index is 0.0807. The van der Waals surface area contributed by atoms with Crippen molar-refractivity contribution in [1.29, 1.82) is 0 Å². The summed E-state index contributed by atoms with van der Waals surface area (Å²) in [6, 6.07) is 2.49. The molecule has 0 bridgehead atoms. The van der Waals surface area contributed by atoms with E-state index in [2.05, 4.69) is 4.74 Å². The van der Waals surface area contributed by atoms with E-state index in [1.165, 1.54) is 13.2 Å². The van der Waals surface area contributed by atoms with Gasteiger partial charge in [0, 0.05) is 11.1 Å². The molecule has 0 atom stereocenters. The number of benzene rings is 1. The average molecular weight is 191 g/mol. The maximum Gasteiger partial charge on any atom is 0.165 e. The van der Waals surface area contributed by atoms with Gasteiger partial charge in [-0.1, -0.05) is 11.6 Å². The zero-order valence-corrected chi connectivity index (χ0v) is 7.23. The van der Waals surface area contributed by atoms with Gasteiger partial charge in [-0.25, -0.2) is 4.39 Å². The summed E-state index contributed by atoms with van der Waals surface area (Å²) in [7, 11) is 1.35. The van der Waals surface area contributed by atoms with Crippen LogP contribution in [-0.2, 0) is 6.61 Å². The third kappa shape index (κ3) is 1.68. The van der Waals surface area contributed by atoms with E-state index in [0.29, 0.717) is 10.6 Å². The van der Waals surface area contributed by atoms with Crippen molar-refractivity contribution in [3.05, 3.63) is 28.5 Å². The molecule has 0 aromatic heterocycles. The number of hydrogen-bond acceptors (Lipinski definition) is 2. The first-order valence-electron chi connectivity index (χ1n) is 3.31. The molecule has 1 aromatic rings. The van der Waals surface area contributed by atoms with Gasteiger partial charge < -0.3 is 9.84 Å². The molecule has 0 saturated carbocycles. The highest BCUT2D eigenvalue weighted by atomic mass is 35.5. The van der Waals surface area contributed by atoms with E-state index in [-0.39, 0.29) is 12.4 Å². The summed E-state index contributed by atoms with van der Waals surface area (Å²) in [6.45, 7) is -0.278. The van der Waals surface area contributed by atoms with Crippen LogP contribution in [0.4, 0.5) is 4.39 Å². The van der Waals surface area contributed by atoms with E-state index in [9.17, 15) is 4.39 Å². The smallest absolute Gasteiger partial charge is 0.165 e. The molecule has 0 heterocycles. The average Bonchev–Trinajstić information content (AvgIpc) is 2.08. The van der Waals surface area contributed by atoms with Crippen molar-refractivity contribution in [2.45, 2.75) is 6.61 Å². The quantitative estimate of drug-likeness (QED) is 0.773. The molecule has 66 valence electrons. The number of halogens is 2. The normalized spacial score (nSPS) is 10.0. The van der Waals surface area contributed by atoms with Crippen LogP contribution in [-0.4, -0.2) is 12.2 Å². The lowest BCUT2D eigenvalue weighted by atomic mass is 10.2. The Kier molecular flexibility index (Phi) is 2.89. The zero-order valence-electron chi connectivity index (χ0n) is 6.47. The summed E-state index contributed by atoms with van der Waals surface area (Å²) >= 11 is 5.67. The molecule has 12 heavy (non-hydrogen) atoms. The van der Waals surface area contributed by atoms with Crippen LogP contribution in [0.1, 0.15) is 5.56 Å². The molecule has 1 aromatic carbocycles. The predicted octanol–water partition coefficient (Wildman–Crippen LogP) is 1.98. The SMILES string of the molecule is COc1cc(Cl)c(CO)cc1F. The van der Waals surface area contributed by atoms with Crippen LogP contribution in [0.2, 0.25) is 5.02 Å². The van der Waals surface area contributed by atoms with Gasteiger partial charge in [0.25, 0.3) is 0 Å². The summed E-state index contributed by atoms with van der Waals surface area (Å²) in [5.74, 6) is -0.442. The first-order valence-corrected chi connectivity index (χ1v) is 3.69. The van der Waals surface area contributed by atoms with Gasteiger partial charge in [-0.3, -0.25) is 0 Å². The van der Waals surface area contributed by atoms with Gasteiger partial charge in [0.2, 0.25) is 0 Å². The van der Waals surface area contributed by atoms with Gasteiger partial charge in [0.1, 0.15) is 0 Å². The number of aliphatic hydroxyl groups excluding tert-OH is 1. The molecule has 4 heteroatoms. The van der Waals surface area contributed by atoms with Gasteiger partial charge in [-0.05, 0) is 11.6 Å². The minimum Gasteiger partial charge on any atom is -0.494 e. The molecule has 0 aliphatic rings. The van der Waals surface area contributed by atoms with Crippen molar-refractivity contribution in [2.24, 2.45) is 0 Å². The summed E-state index contributed by atoms with van der Waals surface area (Å²) in [4.78, 5) is 0. The fourth-order valence-corrected chi connectivity index (χ4v) is 1.06. The Balaban J connectivity index is 3.16. The predicted molar refractivity (Wildman–Crippen MR) is 43.9 cm³/mol. The van der Waals surface area contributed by atoms with Crippen LogP contribution in [0.25, 0.3) is 0 Å². The molecule has 0 spiro atoms. The Morgan fingerprint density at radius 1 is 1.58 bits per heavy atom. The first-order chi connectivity index (χ1) is 5.69. The van der Waals surface area contributed by atoms with Crippen molar-refractivity contribution in [1.82, 2.24) is 0 Å². The van der Waals surface area contributed by atoms with Gasteiger partial charge in [0.15, 0.2) is 11.6 Å². The maximum absolute atomic E-state index is 12.9.